The summed E-state index contributed by atoms with van der Waals surface area (Å²) in [6.07, 6.45) is 1.69. The number of nitrogens with one attached hydrogen (secondary N) is 1. The topological polar surface area (TPSA) is 54.9 Å². The molecule has 4 nitrogen and oxygen atoms in total. The van der Waals surface area contributed by atoms with Gasteiger partial charge < -0.3 is 4.98 Å². The molecule has 1 aliphatic carbocycles. The van der Waals surface area contributed by atoms with Crippen LogP contribution < -0.4 is 11.2 Å². The minimum Gasteiger partial charge on any atom is -0.306 e. The molecule has 0 aliphatic heterocycles. The Morgan fingerprint density at radius 2 is 1.96 bits per heavy atom. The van der Waals surface area contributed by atoms with Gasteiger partial charge in [0.2, 0.25) is 0 Å². The number of aromatic nitrogens is 2. The molecule has 0 amide bonds. The lowest BCUT2D eigenvalue weighted by Crippen LogP contribution is -2.45. The van der Waals surface area contributed by atoms with E-state index in [1.54, 1.807) is 0 Å². The molecule has 3 rings (SSSR count). The molecule has 2 aromatic rings. The van der Waals surface area contributed by atoms with E-state index in [1.807, 2.05) is 32.0 Å². The van der Waals surface area contributed by atoms with Crippen LogP contribution in [0.5, 0.6) is 0 Å². The van der Waals surface area contributed by atoms with Crippen molar-refractivity contribution in [1.29, 1.82) is 0 Å². The van der Waals surface area contributed by atoms with Crippen LogP contribution in [0.2, 0.25) is 0 Å². The van der Waals surface area contributed by atoms with Crippen molar-refractivity contribution < 1.29 is 0 Å². The summed E-state index contributed by atoms with van der Waals surface area (Å²) >= 11 is 0. The third kappa shape index (κ3) is 2.46. The lowest BCUT2D eigenvalue weighted by atomic mass is 9.69. The van der Waals surface area contributed by atoms with E-state index in [0.717, 1.165) is 24.0 Å². The lowest BCUT2D eigenvalue weighted by Gasteiger charge is -2.35. The zero-order valence-corrected chi connectivity index (χ0v) is 14.3. The average Bonchev–Trinajstić information content (AvgIpc) is 2.50. The number of hydrogen-bond acceptors (Lipinski definition) is 2. The van der Waals surface area contributed by atoms with Gasteiger partial charge in [0.15, 0.2) is 0 Å². The monoisotopic (exact) mass is 312 g/mol. The Kier molecular flexibility index (Phi) is 3.78. The van der Waals surface area contributed by atoms with Crippen LogP contribution in [-0.4, -0.2) is 9.55 Å². The molecule has 1 atom stereocenters. The van der Waals surface area contributed by atoms with Gasteiger partial charge in [-0.25, -0.2) is 4.79 Å². The molecule has 1 aromatic carbocycles. The van der Waals surface area contributed by atoms with Crippen molar-refractivity contribution in [1.82, 2.24) is 9.55 Å². The molecule has 1 aliphatic rings. The molecule has 23 heavy (non-hydrogen) atoms. The summed E-state index contributed by atoms with van der Waals surface area (Å²) in [5.74, 6) is 0.246. The Hall–Kier alpha value is -2.10. The third-order valence-electron chi connectivity index (χ3n) is 4.99. The van der Waals surface area contributed by atoms with Crippen molar-refractivity contribution in [3.63, 3.8) is 0 Å². The van der Waals surface area contributed by atoms with E-state index in [-0.39, 0.29) is 22.6 Å². The van der Waals surface area contributed by atoms with Gasteiger partial charge in [0.1, 0.15) is 0 Å². The van der Waals surface area contributed by atoms with E-state index in [1.165, 1.54) is 10.1 Å². The summed E-state index contributed by atoms with van der Waals surface area (Å²) in [6, 6.07) is 8.04. The predicted molar refractivity (Wildman–Crippen MR) is 92.9 cm³/mol. The van der Waals surface area contributed by atoms with E-state index in [9.17, 15) is 9.59 Å². The molecular formula is C19H24N2O2. The number of fused-ring (bicyclic) bond motifs is 3. The van der Waals surface area contributed by atoms with Crippen molar-refractivity contribution in [3.8, 4) is 11.3 Å². The normalized spacial score (nSPS) is 19.5. The van der Waals surface area contributed by atoms with Gasteiger partial charge in [-0.3, -0.25) is 9.36 Å². The van der Waals surface area contributed by atoms with Crippen LogP contribution in [0.15, 0.2) is 33.9 Å². The first-order chi connectivity index (χ1) is 10.9. The summed E-state index contributed by atoms with van der Waals surface area (Å²) in [5.41, 5.74) is 2.98. The fourth-order valence-corrected chi connectivity index (χ4v) is 3.59. The Balaban J connectivity index is 2.37. The maximum atomic E-state index is 13.1. The highest BCUT2D eigenvalue weighted by Gasteiger charge is 2.37. The van der Waals surface area contributed by atoms with Crippen LogP contribution in [0.4, 0.5) is 0 Å². The molecule has 1 N–H and O–H groups in total. The van der Waals surface area contributed by atoms with Crippen LogP contribution in [0.25, 0.3) is 11.3 Å². The summed E-state index contributed by atoms with van der Waals surface area (Å²) in [6.45, 7) is 8.71. The highest BCUT2D eigenvalue weighted by molar-refractivity contribution is 5.71. The van der Waals surface area contributed by atoms with Gasteiger partial charge in [-0.1, -0.05) is 52.0 Å². The number of benzene rings is 1. The zero-order chi connectivity index (χ0) is 16.8. The molecule has 0 bridgehead atoms. The third-order valence-corrected chi connectivity index (χ3v) is 4.99. The second-order valence-corrected chi connectivity index (χ2v) is 7.24. The highest BCUT2D eigenvalue weighted by Crippen LogP contribution is 2.41. The quantitative estimate of drug-likeness (QED) is 0.947. The van der Waals surface area contributed by atoms with Crippen LogP contribution in [-0.2, 0) is 18.4 Å². The van der Waals surface area contributed by atoms with Crippen LogP contribution in [0.3, 0.4) is 0 Å². The van der Waals surface area contributed by atoms with Gasteiger partial charge >= 0.3 is 5.69 Å². The number of hydrogen-bond donors (Lipinski definition) is 1. The lowest BCUT2D eigenvalue weighted by molar-refractivity contribution is 0.422. The largest absolute Gasteiger partial charge is 0.328 e. The van der Waals surface area contributed by atoms with Gasteiger partial charge in [-0.05, 0) is 24.3 Å². The van der Waals surface area contributed by atoms with Crippen LogP contribution >= 0.6 is 0 Å². The molecule has 4 heteroatoms. The first kappa shape index (κ1) is 15.8. The smallest absolute Gasteiger partial charge is 0.306 e. The van der Waals surface area contributed by atoms with E-state index < -0.39 is 0 Å². The molecule has 122 valence electrons. The van der Waals surface area contributed by atoms with Crippen molar-refractivity contribution in [2.45, 2.75) is 52.5 Å². The molecule has 1 aromatic heterocycles. The van der Waals surface area contributed by atoms with E-state index in [0.29, 0.717) is 12.2 Å². The second kappa shape index (κ2) is 5.52. The molecule has 0 spiro atoms. The maximum absolute atomic E-state index is 13.1. The fraction of sp³-hybridized carbons (Fsp3) is 0.474. The number of H-pyrrole nitrogens is 1. The summed E-state index contributed by atoms with van der Waals surface area (Å²) in [4.78, 5) is 28.6. The first-order valence-electron chi connectivity index (χ1n) is 8.33. The fourth-order valence-electron chi connectivity index (χ4n) is 3.59. The molecular weight excluding hydrogens is 288 g/mol. The van der Waals surface area contributed by atoms with Gasteiger partial charge in [0.25, 0.3) is 5.56 Å². The highest BCUT2D eigenvalue weighted by atomic mass is 16.2. The number of rotatable bonds is 3. The summed E-state index contributed by atoms with van der Waals surface area (Å²) < 4.78 is 1.37. The van der Waals surface area contributed by atoms with Crippen molar-refractivity contribution in [2.75, 3.05) is 0 Å². The zero-order valence-electron chi connectivity index (χ0n) is 14.3. The van der Waals surface area contributed by atoms with E-state index >= 15 is 0 Å². The average molecular weight is 312 g/mol. The minimum atomic E-state index is -0.308. The first-order valence-corrected chi connectivity index (χ1v) is 8.33. The molecule has 0 unspecified atom stereocenters. The van der Waals surface area contributed by atoms with Gasteiger partial charge in [-0.15, -0.1) is 0 Å². The SMILES string of the molecule is CC[C@]1(C)Cc2ccccc2-c2[nH]c(=O)n(CC(C)C)c(=O)c21. The van der Waals surface area contributed by atoms with Gasteiger partial charge in [-0.2, -0.15) is 0 Å². The Morgan fingerprint density at radius 1 is 1.26 bits per heavy atom. The van der Waals surface area contributed by atoms with Crippen LogP contribution in [0, 0.1) is 5.92 Å². The minimum absolute atomic E-state index is 0.128. The molecule has 0 fully saturated rings. The van der Waals surface area contributed by atoms with Crippen molar-refractivity contribution >= 4 is 0 Å². The van der Waals surface area contributed by atoms with Crippen LogP contribution in [0.1, 0.15) is 45.2 Å². The Labute approximate surface area is 136 Å². The summed E-state index contributed by atoms with van der Waals surface area (Å²) in [7, 11) is 0. The van der Waals surface area contributed by atoms with Gasteiger partial charge in [0.05, 0.1) is 5.69 Å². The van der Waals surface area contributed by atoms with E-state index in [2.05, 4.69) is 24.9 Å². The molecule has 0 saturated carbocycles. The predicted octanol–water partition coefficient (Wildman–Crippen LogP) is 3.08. The van der Waals surface area contributed by atoms with Crippen molar-refractivity contribution in [2.24, 2.45) is 5.92 Å². The maximum Gasteiger partial charge on any atom is 0.328 e. The molecule has 1 heterocycles. The van der Waals surface area contributed by atoms with Gasteiger partial charge in [0, 0.05) is 23.1 Å². The summed E-state index contributed by atoms with van der Waals surface area (Å²) in [5, 5.41) is 0. The molecule has 0 radical (unpaired) electrons. The standard InChI is InChI=1S/C19H24N2O2/c1-5-19(4)10-13-8-6-7-9-14(13)16-15(19)17(22)21(11-12(2)3)18(23)20-16/h6-9,12H,5,10-11H2,1-4H3,(H,20,23)/t19-/m1/s1. The number of aromatic amines is 1. The number of nitrogens with zero attached hydrogens (tertiary/aromatic N) is 1. The van der Waals surface area contributed by atoms with Crippen molar-refractivity contribution in [3.05, 3.63) is 56.2 Å². The molecule has 0 saturated heterocycles. The second-order valence-electron chi connectivity index (χ2n) is 7.24. The Morgan fingerprint density at radius 3 is 2.61 bits per heavy atom. The Bertz CT molecular complexity index is 860. The van der Waals surface area contributed by atoms with E-state index in [4.69, 9.17) is 0 Å².